The number of rotatable bonds is 2. The Labute approximate surface area is 94.4 Å². The van der Waals surface area contributed by atoms with Crippen molar-refractivity contribution in [3.63, 3.8) is 0 Å². The Morgan fingerprint density at radius 2 is 1.88 bits per heavy atom. The van der Waals surface area contributed by atoms with Gasteiger partial charge in [0.05, 0.1) is 6.54 Å². The van der Waals surface area contributed by atoms with E-state index in [0.717, 1.165) is 30.4 Å². The summed E-state index contributed by atoms with van der Waals surface area (Å²) in [5.74, 6) is 0.650. The zero-order valence-corrected chi connectivity index (χ0v) is 9.21. The first kappa shape index (κ1) is 9.78. The van der Waals surface area contributed by atoms with E-state index in [4.69, 9.17) is 5.73 Å². The highest BCUT2D eigenvalue weighted by atomic mass is 15.5. The molecule has 0 radical (unpaired) electrons. The molecule has 4 heteroatoms. The maximum atomic E-state index is 5.90. The van der Waals surface area contributed by atoms with E-state index in [2.05, 4.69) is 10.2 Å². The maximum absolute atomic E-state index is 5.90. The van der Waals surface area contributed by atoms with Gasteiger partial charge in [0.1, 0.15) is 11.0 Å². The van der Waals surface area contributed by atoms with E-state index < -0.39 is 0 Å². The summed E-state index contributed by atoms with van der Waals surface area (Å²) in [6, 6.07) is 8.37. The van der Waals surface area contributed by atoms with Crippen molar-refractivity contribution in [3.05, 3.63) is 24.3 Å². The molecule has 0 spiro atoms. The molecule has 1 aliphatic carbocycles. The van der Waals surface area contributed by atoms with Crippen LogP contribution >= 0.6 is 0 Å². The van der Waals surface area contributed by atoms with Gasteiger partial charge in [0.15, 0.2) is 0 Å². The maximum Gasteiger partial charge on any atom is 0.113 e. The quantitative estimate of drug-likeness (QED) is 0.828. The average Bonchev–Trinajstić information content (AvgIpc) is 2.84. The molecule has 1 aromatic carbocycles. The Hall–Kier alpha value is -1.42. The van der Waals surface area contributed by atoms with Crippen molar-refractivity contribution in [3.8, 4) is 0 Å². The fourth-order valence-corrected chi connectivity index (χ4v) is 2.50. The number of nitrogens with two attached hydrogens (primary N) is 1. The average molecular weight is 216 g/mol. The summed E-state index contributed by atoms with van der Waals surface area (Å²) in [5, 5.41) is 8.93. The minimum absolute atomic E-state index is 0.384. The minimum Gasteiger partial charge on any atom is -0.328 e. The highest BCUT2D eigenvalue weighted by Crippen LogP contribution is 2.25. The molecule has 0 saturated heterocycles. The zero-order valence-electron chi connectivity index (χ0n) is 9.21. The van der Waals surface area contributed by atoms with Crippen molar-refractivity contribution in [1.29, 1.82) is 0 Å². The number of fused-ring (bicyclic) bond motifs is 1. The van der Waals surface area contributed by atoms with Gasteiger partial charge in [-0.25, -0.2) is 0 Å². The highest BCUT2D eigenvalue weighted by Gasteiger charge is 2.22. The van der Waals surface area contributed by atoms with Crippen molar-refractivity contribution in [2.24, 2.45) is 11.7 Å². The second-order valence-electron chi connectivity index (χ2n) is 4.68. The van der Waals surface area contributed by atoms with Crippen LogP contribution in [0.2, 0.25) is 0 Å². The summed E-state index contributed by atoms with van der Waals surface area (Å²) < 4.78 is 0. The summed E-state index contributed by atoms with van der Waals surface area (Å²) in [6.07, 6.45) is 3.46. The minimum atomic E-state index is 0.384. The first-order valence-corrected chi connectivity index (χ1v) is 5.87. The fourth-order valence-electron chi connectivity index (χ4n) is 2.50. The van der Waals surface area contributed by atoms with Crippen LogP contribution in [0.15, 0.2) is 24.3 Å². The van der Waals surface area contributed by atoms with Gasteiger partial charge in [0, 0.05) is 6.04 Å². The zero-order chi connectivity index (χ0) is 11.0. The van der Waals surface area contributed by atoms with Crippen LogP contribution in [0, 0.1) is 5.92 Å². The molecule has 1 aliphatic rings. The van der Waals surface area contributed by atoms with E-state index in [-0.39, 0.29) is 0 Å². The molecule has 1 aromatic heterocycles. The molecule has 1 saturated carbocycles. The number of hydrogen-bond acceptors (Lipinski definition) is 3. The van der Waals surface area contributed by atoms with Crippen molar-refractivity contribution in [2.45, 2.75) is 31.8 Å². The van der Waals surface area contributed by atoms with E-state index in [1.54, 1.807) is 0 Å². The van der Waals surface area contributed by atoms with Gasteiger partial charge in [-0.15, -0.1) is 0 Å². The van der Waals surface area contributed by atoms with E-state index in [9.17, 15) is 0 Å². The van der Waals surface area contributed by atoms with Gasteiger partial charge in [0.2, 0.25) is 0 Å². The van der Waals surface area contributed by atoms with Crippen LogP contribution in [0.4, 0.5) is 0 Å². The number of aromatic nitrogens is 3. The topological polar surface area (TPSA) is 56.7 Å². The molecule has 16 heavy (non-hydrogen) atoms. The van der Waals surface area contributed by atoms with Gasteiger partial charge < -0.3 is 5.73 Å². The predicted octanol–water partition coefficient (Wildman–Crippen LogP) is 1.56. The van der Waals surface area contributed by atoms with Crippen LogP contribution in [-0.4, -0.2) is 21.0 Å². The first-order chi connectivity index (χ1) is 7.81. The van der Waals surface area contributed by atoms with Crippen LogP contribution in [-0.2, 0) is 6.54 Å². The van der Waals surface area contributed by atoms with Gasteiger partial charge in [-0.2, -0.15) is 15.0 Å². The van der Waals surface area contributed by atoms with Gasteiger partial charge >= 0.3 is 0 Å². The van der Waals surface area contributed by atoms with Crippen molar-refractivity contribution in [1.82, 2.24) is 15.0 Å². The molecule has 2 atom stereocenters. The highest BCUT2D eigenvalue weighted by molar-refractivity contribution is 5.72. The standard InChI is InChI=1S/C12H16N4/c13-10-6-5-9(7-10)8-16-14-11-3-1-2-4-12(11)15-16/h1-4,9-10H,5-8,13H2/t9-,10+/m0/s1. The van der Waals surface area contributed by atoms with Gasteiger partial charge in [0.25, 0.3) is 0 Å². The molecular weight excluding hydrogens is 200 g/mol. The van der Waals surface area contributed by atoms with E-state index in [1.165, 1.54) is 6.42 Å². The first-order valence-electron chi connectivity index (χ1n) is 5.87. The monoisotopic (exact) mass is 216 g/mol. The molecule has 0 unspecified atom stereocenters. The van der Waals surface area contributed by atoms with Crippen molar-refractivity contribution in [2.75, 3.05) is 0 Å². The fraction of sp³-hybridized carbons (Fsp3) is 0.500. The molecule has 3 rings (SSSR count). The molecule has 84 valence electrons. The molecule has 0 aliphatic heterocycles. The lowest BCUT2D eigenvalue weighted by molar-refractivity contribution is 0.394. The second-order valence-corrected chi connectivity index (χ2v) is 4.68. The summed E-state index contributed by atoms with van der Waals surface area (Å²) in [7, 11) is 0. The van der Waals surface area contributed by atoms with Gasteiger partial charge in [-0.05, 0) is 37.3 Å². The smallest absolute Gasteiger partial charge is 0.113 e. The van der Waals surface area contributed by atoms with Crippen LogP contribution in [0.25, 0.3) is 11.0 Å². The Morgan fingerprint density at radius 1 is 1.19 bits per heavy atom. The molecule has 0 amide bonds. The third-order valence-corrected chi connectivity index (χ3v) is 3.33. The summed E-state index contributed by atoms with van der Waals surface area (Å²) >= 11 is 0. The Kier molecular flexibility index (Phi) is 2.36. The summed E-state index contributed by atoms with van der Waals surface area (Å²) in [6.45, 7) is 0.905. The second kappa shape index (κ2) is 3.87. The molecule has 2 N–H and O–H groups in total. The van der Waals surface area contributed by atoms with Crippen molar-refractivity contribution < 1.29 is 0 Å². The van der Waals surface area contributed by atoms with Gasteiger partial charge in [-0.3, -0.25) is 0 Å². The number of hydrogen-bond donors (Lipinski definition) is 1. The van der Waals surface area contributed by atoms with Crippen LogP contribution < -0.4 is 5.73 Å². The molecular formula is C12H16N4. The van der Waals surface area contributed by atoms with Crippen LogP contribution in [0.1, 0.15) is 19.3 Å². The predicted molar refractivity (Wildman–Crippen MR) is 62.8 cm³/mol. The summed E-state index contributed by atoms with van der Waals surface area (Å²) in [4.78, 5) is 1.83. The third-order valence-electron chi connectivity index (χ3n) is 3.33. The Bertz CT molecular complexity index is 457. The number of nitrogens with zero attached hydrogens (tertiary/aromatic N) is 3. The molecule has 2 aromatic rings. The Balaban J connectivity index is 1.79. The molecule has 1 heterocycles. The summed E-state index contributed by atoms with van der Waals surface area (Å²) in [5.41, 5.74) is 7.86. The lowest BCUT2D eigenvalue weighted by Gasteiger charge is -2.07. The van der Waals surface area contributed by atoms with Crippen molar-refractivity contribution >= 4 is 11.0 Å². The SMILES string of the molecule is N[C@@H]1CC[C@H](Cn2nc3ccccc3n2)C1. The lowest BCUT2D eigenvalue weighted by Crippen LogP contribution is -2.17. The normalized spacial score (nSPS) is 25.3. The lowest BCUT2D eigenvalue weighted by atomic mass is 10.1. The molecule has 0 bridgehead atoms. The third kappa shape index (κ3) is 1.80. The number of benzene rings is 1. The van der Waals surface area contributed by atoms with Crippen LogP contribution in [0.5, 0.6) is 0 Å². The van der Waals surface area contributed by atoms with E-state index >= 15 is 0 Å². The van der Waals surface area contributed by atoms with Crippen LogP contribution in [0.3, 0.4) is 0 Å². The van der Waals surface area contributed by atoms with E-state index in [1.807, 2.05) is 29.1 Å². The van der Waals surface area contributed by atoms with E-state index in [0.29, 0.717) is 12.0 Å². The molecule has 4 nitrogen and oxygen atoms in total. The largest absolute Gasteiger partial charge is 0.328 e. The van der Waals surface area contributed by atoms with Gasteiger partial charge in [-0.1, -0.05) is 12.1 Å². The molecule has 1 fully saturated rings. The Morgan fingerprint density at radius 3 is 2.44 bits per heavy atom.